The van der Waals surface area contributed by atoms with Crippen LogP contribution in [0.25, 0.3) is 22.2 Å². The third-order valence-electron chi connectivity index (χ3n) is 7.34. The van der Waals surface area contributed by atoms with E-state index in [0.29, 0.717) is 19.6 Å². The van der Waals surface area contributed by atoms with Gasteiger partial charge in [0.1, 0.15) is 11.9 Å². The van der Waals surface area contributed by atoms with Crippen molar-refractivity contribution in [1.29, 1.82) is 0 Å². The minimum absolute atomic E-state index is 0.00105. The van der Waals surface area contributed by atoms with Crippen LogP contribution in [-0.2, 0) is 0 Å². The number of piperidine rings is 1. The first kappa shape index (κ1) is 23.3. The van der Waals surface area contributed by atoms with Gasteiger partial charge in [0.05, 0.1) is 29.2 Å². The zero-order valence-corrected chi connectivity index (χ0v) is 20.8. The molecule has 0 aliphatic carbocycles. The molecular weight excluding hydrogens is 462 g/mol. The summed E-state index contributed by atoms with van der Waals surface area (Å²) in [6, 6.07) is 20.5. The topological polar surface area (TPSA) is 96.0 Å². The molecule has 3 aliphatic rings. The van der Waals surface area contributed by atoms with Gasteiger partial charge in [-0.15, -0.1) is 4.59 Å². The number of nitrogens with two attached hydrogens (primary N) is 1. The number of nitrogens with one attached hydrogen (secondary N) is 1. The quantitative estimate of drug-likeness (QED) is 0.413. The van der Waals surface area contributed by atoms with Crippen LogP contribution in [-0.4, -0.2) is 52.2 Å². The number of hydrogen-bond donors (Lipinski definition) is 2. The van der Waals surface area contributed by atoms with Gasteiger partial charge in [-0.3, -0.25) is 4.99 Å². The zero-order valence-electron chi connectivity index (χ0n) is 20.8. The predicted octanol–water partition coefficient (Wildman–Crippen LogP) is 4.56. The Morgan fingerprint density at radius 1 is 1.08 bits per heavy atom. The maximum Gasteiger partial charge on any atom is 0.317 e. The number of urea groups is 1. The van der Waals surface area contributed by atoms with Gasteiger partial charge >= 0.3 is 6.03 Å². The van der Waals surface area contributed by atoms with Gasteiger partial charge in [0.2, 0.25) is 5.70 Å². The second kappa shape index (κ2) is 9.38. The first-order chi connectivity index (χ1) is 18.1. The number of pyridine rings is 1. The number of benzene rings is 2. The second-order valence-corrected chi connectivity index (χ2v) is 9.63. The second-order valence-electron chi connectivity index (χ2n) is 9.63. The molecule has 186 valence electrons. The maximum atomic E-state index is 12.3. The number of carbonyl (C=O) groups is 1. The van der Waals surface area contributed by atoms with Gasteiger partial charge in [-0.2, -0.15) is 10.8 Å². The van der Waals surface area contributed by atoms with E-state index >= 15 is 0 Å². The van der Waals surface area contributed by atoms with Gasteiger partial charge in [0, 0.05) is 36.5 Å². The Kier molecular flexibility index (Phi) is 5.90. The molecule has 2 aromatic carbocycles. The molecule has 3 N–H and O–H groups in total. The number of allylic oxidation sites excluding steroid dienone is 2. The third-order valence-corrected chi connectivity index (χ3v) is 7.34. The SMILES string of the molecule is CCNC(=O)N1CCC(C2=C3C=NC=C[N+]3(N)C(c3ccc4ccc(-c5ccccc5)nc4c3)=N2)CC1. The van der Waals surface area contributed by atoms with Gasteiger partial charge in [0.25, 0.3) is 5.84 Å². The minimum Gasteiger partial charge on any atom is -0.338 e. The lowest BCUT2D eigenvalue weighted by Gasteiger charge is -2.32. The Morgan fingerprint density at radius 3 is 2.65 bits per heavy atom. The molecule has 0 saturated carbocycles. The molecule has 3 aromatic rings. The van der Waals surface area contributed by atoms with E-state index in [2.05, 4.69) is 52.8 Å². The number of aliphatic imine (C=N–C) groups is 2. The van der Waals surface area contributed by atoms with E-state index in [1.54, 1.807) is 6.20 Å². The number of aromatic nitrogens is 1. The fourth-order valence-electron chi connectivity index (χ4n) is 5.35. The van der Waals surface area contributed by atoms with E-state index in [1.807, 2.05) is 42.4 Å². The smallest absolute Gasteiger partial charge is 0.317 e. The monoisotopic (exact) mass is 492 g/mol. The van der Waals surface area contributed by atoms with Gasteiger partial charge < -0.3 is 10.2 Å². The lowest BCUT2D eigenvalue weighted by molar-refractivity contribution is -0.750. The molecule has 0 bridgehead atoms. The summed E-state index contributed by atoms with van der Waals surface area (Å²) in [5, 5.41) is 3.96. The van der Waals surface area contributed by atoms with Gasteiger partial charge in [-0.05, 0) is 38.0 Å². The molecule has 1 saturated heterocycles. The van der Waals surface area contributed by atoms with Crippen LogP contribution in [0.2, 0.25) is 0 Å². The van der Waals surface area contributed by atoms with E-state index in [1.165, 1.54) is 0 Å². The zero-order chi connectivity index (χ0) is 25.4. The molecule has 2 amide bonds. The summed E-state index contributed by atoms with van der Waals surface area (Å²) in [5.41, 5.74) is 5.69. The highest BCUT2D eigenvalue weighted by Gasteiger charge is 2.46. The van der Waals surface area contributed by atoms with Crippen LogP contribution in [0.1, 0.15) is 25.3 Å². The van der Waals surface area contributed by atoms with Crippen LogP contribution < -0.4 is 11.2 Å². The summed E-state index contributed by atoms with van der Waals surface area (Å²) >= 11 is 0. The average Bonchev–Trinajstić information content (AvgIpc) is 3.26. The highest BCUT2D eigenvalue weighted by Crippen LogP contribution is 2.38. The lowest BCUT2D eigenvalue weighted by atomic mass is 9.92. The summed E-state index contributed by atoms with van der Waals surface area (Å²) in [7, 11) is 0. The van der Waals surface area contributed by atoms with E-state index in [9.17, 15) is 4.79 Å². The van der Waals surface area contributed by atoms with E-state index in [0.717, 1.165) is 57.8 Å². The Labute approximate surface area is 216 Å². The predicted molar refractivity (Wildman–Crippen MR) is 146 cm³/mol. The van der Waals surface area contributed by atoms with Crippen molar-refractivity contribution in [2.24, 2.45) is 21.7 Å². The van der Waals surface area contributed by atoms with Crippen LogP contribution in [0.3, 0.4) is 0 Å². The highest BCUT2D eigenvalue weighted by molar-refractivity contribution is 6.02. The molecule has 1 atom stereocenters. The Morgan fingerprint density at radius 2 is 1.86 bits per heavy atom. The molecule has 8 heteroatoms. The van der Waals surface area contributed by atoms with Crippen molar-refractivity contribution >= 4 is 29.0 Å². The summed E-state index contributed by atoms with van der Waals surface area (Å²) < 4.78 is -0.0146. The highest BCUT2D eigenvalue weighted by atomic mass is 16.2. The number of nitrogens with zero attached hydrogens (tertiary/aromatic N) is 5. The maximum absolute atomic E-state index is 12.3. The molecular formula is C29H30N7O+. The Hall–Kier alpha value is -4.14. The van der Waals surface area contributed by atoms with Crippen molar-refractivity contribution < 1.29 is 9.39 Å². The summed E-state index contributed by atoms with van der Waals surface area (Å²) in [4.78, 5) is 28.6. The Balaban J connectivity index is 1.34. The van der Waals surface area contributed by atoms with E-state index in [-0.39, 0.29) is 16.5 Å². The standard InChI is InChI=1S/C29H29N7O/c1-2-32-29(37)35-15-12-22(13-16-35)27-26-19-31-14-17-36(26,30)28(34-27)23-9-8-21-10-11-24(33-25(21)18-23)20-6-4-3-5-7-20/h3-11,14,17-19,22H,2,12-13,15-16,30H2,1H3/p+1. The number of amides is 2. The number of amidine groups is 1. The van der Waals surface area contributed by atoms with E-state index < -0.39 is 0 Å². The first-order valence-electron chi connectivity index (χ1n) is 12.8. The Bertz CT molecular complexity index is 1480. The molecule has 0 spiro atoms. The van der Waals surface area contributed by atoms with Crippen LogP contribution in [0.4, 0.5) is 4.79 Å². The van der Waals surface area contributed by atoms with Crippen LogP contribution in [0.5, 0.6) is 0 Å². The lowest BCUT2D eigenvalue weighted by Crippen LogP contribution is -2.53. The van der Waals surface area contributed by atoms with Crippen LogP contribution >= 0.6 is 0 Å². The fourth-order valence-corrected chi connectivity index (χ4v) is 5.35. The van der Waals surface area contributed by atoms with Crippen molar-refractivity contribution in [3.63, 3.8) is 0 Å². The van der Waals surface area contributed by atoms with Gasteiger partial charge in [-0.25, -0.2) is 9.78 Å². The molecule has 6 rings (SSSR count). The normalized spacial score (nSPS) is 21.4. The van der Waals surface area contributed by atoms with Crippen molar-refractivity contribution in [3.8, 4) is 11.3 Å². The number of quaternary nitrogens is 1. The molecule has 8 nitrogen and oxygen atoms in total. The number of hydrogen-bond acceptors (Lipinski definition) is 5. The average molecular weight is 493 g/mol. The first-order valence-corrected chi connectivity index (χ1v) is 12.8. The van der Waals surface area contributed by atoms with Crippen LogP contribution in [0.15, 0.2) is 94.4 Å². The summed E-state index contributed by atoms with van der Waals surface area (Å²) in [5.74, 6) is 7.96. The molecule has 37 heavy (non-hydrogen) atoms. The largest absolute Gasteiger partial charge is 0.338 e. The molecule has 1 aromatic heterocycles. The van der Waals surface area contributed by atoms with Gasteiger partial charge in [0.15, 0.2) is 0 Å². The molecule has 3 aliphatic heterocycles. The summed E-state index contributed by atoms with van der Waals surface area (Å²) in [6.45, 7) is 3.95. The van der Waals surface area contributed by atoms with Crippen molar-refractivity contribution in [2.75, 3.05) is 19.6 Å². The van der Waals surface area contributed by atoms with Crippen molar-refractivity contribution in [1.82, 2.24) is 15.2 Å². The number of carbonyl (C=O) groups excluding carboxylic acids is 1. The fraction of sp³-hybridized carbons (Fsp3) is 0.241. The molecule has 4 heterocycles. The van der Waals surface area contributed by atoms with Gasteiger partial charge in [-0.1, -0.05) is 42.5 Å². The van der Waals surface area contributed by atoms with E-state index in [4.69, 9.17) is 15.8 Å². The summed E-state index contributed by atoms with van der Waals surface area (Å²) in [6.07, 6.45) is 7.11. The number of fused-ring (bicyclic) bond motifs is 2. The van der Waals surface area contributed by atoms with Crippen molar-refractivity contribution in [3.05, 3.63) is 90.0 Å². The molecule has 1 unspecified atom stereocenters. The van der Waals surface area contributed by atoms with Crippen LogP contribution in [0, 0.1) is 5.92 Å². The minimum atomic E-state index is -0.0146. The third kappa shape index (κ3) is 4.14. The van der Waals surface area contributed by atoms with Crippen molar-refractivity contribution in [2.45, 2.75) is 19.8 Å². The number of rotatable bonds is 4. The molecule has 1 fully saturated rings. The molecule has 0 radical (unpaired) electrons. The number of likely N-dealkylation sites (tertiary alicyclic amines) is 1.